The van der Waals surface area contributed by atoms with Crippen LogP contribution >= 0.6 is 0 Å². The number of carbonyl (C=O) groups is 1. The number of ether oxygens (including phenoxy) is 1. The van der Waals surface area contributed by atoms with Crippen LogP contribution in [-0.2, 0) is 17.7 Å². The maximum Gasteiger partial charge on any atom is 0.409 e. The Hall–Kier alpha value is -2.69. The fraction of sp³-hybridized carbons (Fsp3) is 0.500. The van der Waals surface area contributed by atoms with Gasteiger partial charge in [0.2, 0.25) is 0 Å². The molecular weight excluding hydrogens is 390 g/mol. The second-order valence-corrected chi connectivity index (χ2v) is 9.55. The number of hydrogen-bond donors (Lipinski definition) is 2. The smallest absolute Gasteiger partial charge is 0.409 e. The van der Waals surface area contributed by atoms with Crippen LogP contribution in [0, 0.1) is 12.3 Å². The predicted molar refractivity (Wildman–Crippen MR) is 125 cm³/mol. The summed E-state index contributed by atoms with van der Waals surface area (Å²) >= 11 is 0. The third-order valence-corrected chi connectivity index (χ3v) is 5.17. The van der Waals surface area contributed by atoms with Gasteiger partial charge in [0.05, 0.1) is 18.7 Å². The van der Waals surface area contributed by atoms with Gasteiger partial charge in [0.25, 0.3) is 0 Å². The lowest BCUT2D eigenvalue weighted by Crippen LogP contribution is -2.30. The van der Waals surface area contributed by atoms with E-state index < -0.39 is 6.09 Å². The van der Waals surface area contributed by atoms with Crippen molar-refractivity contribution < 1.29 is 19.7 Å². The number of aryl methyl sites for hydroxylation is 2. The third-order valence-electron chi connectivity index (χ3n) is 5.17. The highest BCUT2D eigenvalue weighted by Gasteiger charge is 2.23. The number of amides is 1. The number of carbonyl (C=O) groups excluding carboxylic acids is 1. The van der Waals surface area contributed by atoms with E-state index in [1.807, 2.05) is 52.0 Å². The van der Waals surface area contributed by atoms with E-state index in [4.69, 9.17) is 4.74 Å². The number of aromatic hydroxyl groups is 2. The number of nitrogens with zero attached hydrogens (tertiary/aromatic N) is 1. The van der Waals surface area contributed by atoms with Gasteiger partial charge in [0.1, 0.15) is 11.5 Å². The molecule has 1 amide bonds. The van der Waals surface area contributed by atoms with Gasteiger partial charge in [-0.15, -0.1) is 0 Å². The second-order valence-electron chi connectivity index (χ2n) is 9.55. The van der Waals surface area contributed by atoms with Crippen LogP contribution in [0.15, 0.2) is 30.3 Å². The number of phenols is 2. The quantitative estimate of drug-likeness (QED) is 0.477. The molecule has 0 aliphatic rings. The van der Waals surface area contributed by atoms with Crippen molar-refractivity contribution in [3.8, 4) is 22.6 Å². The van der Waals surface area contributed by atoms with Crippen molar-refractivity contribution in [3.05, 3.63) is 47.0 Å². The summed E-state index contributed by atoms with van der Waals surface area (Å²) < 4.78 is 5.43. The average Bonchev–Trinajstić information content (AvgIpc) is 2.68. The fourth-order valence-corrected chi connectivity index (χ4v) is 3.49. The van der Waals surface area contributed by atoms with Gasteiger partial charge >= 0.3 is 6.09 Å². The monoisotopic (exact) mass is 427 g/mol. The van der Waals surface area contributed by atoms with Gasteiger partial charge in [0, 0.05) is 12.6 Å². The Balaban J connectivity index is 2.41. The zero-order valence-electron chi connectivity index (χ0n) is 19.8. The number of rotatable bonds is 8. The summed E-state index contributed by atoms with van der Waals surface area (Å²) in [6, 6.07) is 9.39. The van der Waals surface area contributed by atoms with Crippen molar-refractivity contribution >= 4 is 6.09 Å². The molecular formula is C26H37NO4. The molecule has 0 fully saturated rings. The summed E-state index contributed by atoms with van der Waals surface area (Å²) in [5.41, 5.74) is 3.56. The molecule has 2 rings (SSSR count). The lowest BCUT2D eigenvalue weighted by Gasteiger charge is -2.24. The van der Waals surface area contributed by atoms with E-state index in [-0.39, 0.29) is 23.5 Å². The van der Waals surface area contributed by atoms with Gasteiger partial charge in [-0.05, 0) is 42.4 Å². The molecule has 0 heterocycles. The Labute approximate surface area is 186 Å². The number of benzene rings is 2. The maximum absolute atomic E-state index is 12.5. The van der Waals surface area contributed by atoms with E-state index >= 15 is 0 Å². The normalized spacial score (nSPS) is 11.4. The highest BCUT2D eigenvalue weighted by Crippen LogP contribution is 2.42. The first-order valence-electron chi connectivity index (χ1n) is 11.0. The first-order valence-corrected chi connectivity index (χ1v) is 11.0. The molecule has 5 heteroatoms. The summed E-state index contributed by atoms with van der Waals surface area (Å²) in [6.45, 7) is 10.6. The molecule has 170 valence electrons. The van der Waals surface area contributed by atoms with Gasteiger partial charge in [-0.25, -0.2) is 4.79 Å². The average molecular weight is 428 g/mol. The molecule has 0 spiro atoms. The van der Waals surface area contributed by atoms with Crippen LogP contribution in [0.25, 0.3) is 11.1 Å². The highest BCUT2D eigenvalue weighted by molar-refractivity contribution is 5.79. The second kappa shape index (κ2) is 10.6. The van der Waals surface area contributed by atoms with Crippen LogP contribution in [0.2, 0.25) is 0 Å². The SMILES string of the molecule is CCCCCc1cc(O)c(-c2cccc(C)c2)c(O)c1CN(C)C(=O)OCC(C)(C)C. The van der Waals surface area contributed by atoms with E-state index in [0.717, 1.165) is 42.4 Å². The molecule has 0 aliphatic carbocycles. The Morgan fingerprint density at radius 2 is 1.84 bits per heavy atom. The van der Waals surface area contributed by atoms with Crippen LogP contribution < -0.4 is 0 Å². The van der Waals surface area contributed by atoms with Crippen molar-refractivity contribution in [1.29, 1.82) is 0 Å². The van der Waals surface area contributed by atoms with Crippen LogP contribution in [0.1, 0.15) is 63.6 Å². The van der Waals surface area contributed by atoms with Crippen LogP contribution in [0.5, 0.6) is 11.5 Å². The standard InChI is InChI=1S/C26H37NO4/c1-7-8-9-12-19-15-22(28)23(20-13-10-11-18(2)14-20)24(29)21(19)16-27(6)25(30)31-17-26(3,4)5/h10-11,13-15,28-29H,7-9,12,16-17H2,1-6H3. The fourth-order valence-electron chi connectivity index (χ4n) is 3.49. The van der Waals surface area contributed by atoms with Crippen molar-refractivity contribution in [3.63, 3.8) is 0 Å². The lowest BCUT2D eigenvalue weighted by atomic mass is 9.92. The Kier molecular flexibility index (Phi) is 8.37. The molecule has 0 saturated heterocycles. The zero-order chi connectivity index (χ0) is 23.2. The minimum atomic E-state index is -0.431. The highest BCUT2D eigenvalue weighted by atomic mass is 16.6. The molecule has 0 saturated carbocycles. The van der Waals surface area contributed by atoms with E-state index in [9.17, 15) is 15.0 Å². The molecule has 0 aromatic heterocycles. The number of hydrogen-bond acceptors (Lipinski definition) is 4. The van der Waals surface area contributed by atoms with Gasteiger partial charge in [0.15, 0.2) is 0 Å². The van der Waals surface area contributed by atoms with E-state index in [2.05, 4.69) is 6.92 Å². The predicted octanol–water partition coefficient (Wildman–Crippen LogP) is 6.42. The van der Waals surface area contributed by atoms with Crippen LogP contribution in [0.3, 0.4) is 0 Å². The summed E-state index contributed by atoms with van der Waals surface area (Å²) in [7, 11) is 1.67. The topological polar surface area (TPSA) is 70.0 Å². The minimum absolute atomic E-state index is 0.0209. The Bertz CT molecular complexity index is 899. The van der Waals surface area contributed by atoms with Crippen molar-refractivity contribution in [2.45, 2.75) is 66.8 Å². The van der Waals surface area contributed by atoms with E-state index in [0.29, 0.717) is 17.7 Å². The van der Waals surface area contributed by atoms with Gasteiger partial charge in [-0.1, -0.05) is 70.4 Å². The molecule has 0 atom stereocenters. The van der Waals surface area contributed by atoms with Gasteiger partial charge in [-0.3, -0.25) is 0 Å². The molecule has 5 nitrogen and oxygen atoms in total. The zero-order valence-corrected chi connectivity index (χ0v) is 19.8. The van der Waals surface area contributed by atoms with Crippen molar-refractivity contribution in [1.82, 2.24) is 4.90 Å². The summed E-state index contributed by atoms with van der Waals surface area (Å²) in [5.74, 6) is 0.0730. The first kappa shape index (κ1) is 24.6. The Morgan fingerprint density at radius 1 is 1.13 bits per heavy atom. The first-order chi connectivity index (χ1) is 14.5. The largest absolute Gasteiger partial charge is 0.507 e. The van der Waals surface area contributed by atoms with Crippen molar-refractivity contribution in [2.24, 2.45) is 5.41 Å². The molecule has 0 radical (unpaired) electrons. The molecule has 0 bridgehead atoms. The molecule has 2 aromatic rings. The van der Waals surface area contributed by atoms with E-state index in [1.54, 1.807) is 13.1 Å². The Morgan fingerprint density at radius 3 is 2.45 bits per heavy atom. The van der Waals surface area contributed by atoms with Gasteiger partial charge in [-0.2, -0.15) is 0 Å². The maximum atomic E-state index is 12.5. The third kappa shape index (κ3) is 6.91. The summed E-state index contributed by atoms with van der Waals surface area (Å²) in [5, 5.41) is 22.0. The molecule has 2 aromatic carbocycles. The number of unbranched alkanes of at least 4 members (excludes halogenated alkanes) is 2. The minimum Gasteiger partial charge on any atom is -0.507 e. The molecule has 31 heavy (non-hydrogen) atoms. The number of phenolic OH excluding ortho intramolecular Hbond substituents is 2. The molecule has 2 N–H and O–H groups in total. The van der Waals surface area contributed by atoms with Crippen molar-refractivity contribution in [2.75, 3.05) is 13.7 Å². The van der Waals surface area contributed by atoms with Gasteiger partial charge < -0.3 is 19.8 Å². The molecule has 0 aliphatic heterocycles. The summed E-state index contributed by atoms with van der Waals surface area (Å²) in [4.78, 5) is 14.0. The van der Waals surface area contributed by atoms with Crippen LogP contribution in [-0.4, -0.2) is 34.9 Å². The van der Waals surface area contributed by atoms with E-state index in [1.165, 1.54) is 4.90 Å². The summed E-state index contributed by atoms with van der Waals surface area (Å²) in [6.07, 6.45) is 3.38. The van der Waals surface area contributed by atoms with Crippen LogP contribution in [0.4, 0.5) is 4.79 Å². The molecule has 0 unspecified atom stereocenters. The lowest BCUT2D eigenvalue weighted by molar-refractivity contribution is 0.0769.